The molecule has 1 heterocycles. The van der Waals surface area contributed by atoms with Gasteiger partial charge in [-0.25, -0.2) is 9.37 Å². The van der Waals surface area contributed by atoms with Crippen LogP contribution in [0.1, 0.15) is 35.5 Å². The maximum Gasteiger partial charge on any atom is 0.257 e. The zero-order valence-corrected chi connectivity index (χ0v) is 17.9. The molecule has 0 aliphatic heterocycles. The fourth-order valence-corrected chi connectivity index (χ4v) is 3.40. The lowest BCUT2D eigenvalue weighted by atomic mass is 10.2. The van der Waals surface area contributed by atoms with Crippen molar-refractivity contribution in [3.05, 3.63) is 70.5 Å². The fraction of sp³-hybridized carbons (Fsp3) is 0.273. The van der Waals surface area contributed by atoms with Crippen LogP contribution in [0.5, 0.6) is 11.5 Å². The lowest BCUT2D eigenvalue weighted by molar-refractivity contribution is 0.102. The van der Waals surface area contributed by atoms with Gasteiger partial charge in [0.2, 0.25) is 0 Å². The summed E-state index contributed by atoms with van der Waals surface area (Å²) in [4.78, 5) is 17.1. The van der Waals surface area contributed by atoms with E-state index in [1.54, 1.807) is 36.4 Å². The molecule has 158 valence electrons. The highest BCUT2D eigenvalue weighted by Gasteiger charge is 2.14. The number of aromatic nitrogens is 1. The SMILES string of the molecule is CNCc1csc(NC(=O)c2cc(OCc3ccccc3F)cc(OC(C)C)c2)n1. The Bertz CT molecular complexity index is 1010. The highest BCUT2D eigenvalue weighted by Crippen LogP contribution is 2.26. The van der Waals surface area contributed by atoms with E-state index in [2.05, 4.69) is 15.6 Å². The zero-order valence-electron chi connectivity index (χ0n) is 17.1. The van der Waals surface area contributed by atoms with Crippen molar-refractivity contribution in [2.75, 3.05) is 12.4 Å². The van der Waals surface area contributed by atoms with Gasteiger partial charge in [-0.1, -0.05) is 18.2 Å². The number of benzene rings is 2. The Morgan fingerprint density at radius 3 is 2.70 bits per heavy atom. The molecule has 3 aromatic rings. The number of nitrogens with zero attached hydrogens (tertiary/aromatic N) is 1. The van der Waals surface area contributed by atoms with Crippen molar-refractivity contribution < 1.29 is 18.7 Å². The van der Waals surface area contributed by atoms with Crippen LogP contribution in [0.3, 0.4) is 0 Å². The number of halogens is 1. The van der Waals surface area contributed by atoms with Crippen molar-refractivity contribution in [2.45, 2.75) is 33.1 Å². The number of hydrogen-bond donors (Lipinski definition) is 2. The Labute approximate surface area is 179 Å². The van der Waals surface area contributed by atoms with Gasteiger partial charge in [-0.15, -0.1) is 11.3 Å². The lowest BCUT2D eigenvalue weighted by Crippen LogP contribution is -2.13. The molecule has 1 amide bonds. The van der Waals surface area contributed by atoms with Crippen LogP contribution < -0.4 is 20.1 Å². The number of carbonyl (C=O) groups excluding carboxylic acids is 1. The van der Waals surface area contributed by atoms with E-state index in [9.17, 15) is 9.18 Å². The predicted molar refractivity (Wildman–Crippen MR) is 116 cm³/mol. The van der Waals surface area contributed by atoms with Gasteiger partial charge in [-0.2, -0.15) is 0 Å². The molecule has 0 unspecified atom stereocenters. The molecule has 2 aromatic carbocycles. The number of hydrogen-bond acceptors (Lipinski definition) is 6. The Morgan fingerprint density at radius 1 is 1.20 bits per heavy atom. The molecule has 0 aliphatic rings. The number of amides is 1. The highest BCUT2D eigenvalue weighted by molar-refractivity contribution is 7.13. The highest BCUT2D eigenvalue weighted by atomic mass is 32.1. The summed E-state index contributed by atoms with van der Waals surface area (Å²) in [6.45, 7) is 4.45. The van der Waals surface area contributed by atoms with Gasteiger partial charge in [0, 0.05) is 29.1 Å². The quantitative estimate of drug-likeness (QED) is 0.519. The first-order valence-corrected chi connectivity index (χ1v) is 10.4. The van der Waals surface area contributed by atoms with Gasteiger partial charge in [-0.3, -0.25) is 10.1 Å². The molecule has 0 bridgehead atoms. The van der Waals surface area contributed by atoms with E-state index in [1.807, 2.05) is 26.3 Å². The second kappa shape index (κ2) is 10.2. The van der Waals surface area contributed by atoms with Crippen LogP contribution in [0.4, 0.5) is 9.52 Å². The van der Waals surface area contributed by atoms with Gasteiger partial charge in [-0.05, 0) is 39.1 Å². The normalized spacial score (nSPS) is 10.8. The van der Waals surface area contributed by atoms with Crippen LogP contribution in [0.25, 0.3) is 0 Å². The van der Waals surface area contributed by atoms with Crippen molar-refractivity contribution in [3.8, 4) is 11.5 Å². The van der Waals surface area contributed by atoms with Crippen molar-refractivity contribution in [1.82, 2.24) is 10.3 Å². The van der Waals surface area contributed by atoms with E-state index >= 15 is 0 Å². The van der Waals surface area contributed by atoms with E-state index in [0.29, 0.717) is 34.3 Å². The molecule has 1 aromatic heterocycles. The first kappa shape index (κ1) is 21.7. The molecule has 0 fully saturated rings. The minimum Gasteiger partial charge on any atom is -0.491 e. The van der Waals surface area contributed by atoms with Crippen molar-refractivity contribution >= 4 is 22.4 Å². The number of carbonyl (C=O) groups is 1. The standard InChI is InChI=1S/C22H24FN3O3S/c1-14(2)29-19-9-16(21(27)26-22-25-17(11-24-3)13-30-22)8-18(10-19)28-12-15-6-4-5-7-20(15)23/h4-10,13-14,24H,11-12H2,1-3H3,(H,25,26,27). The number of ether oxygens (including phenoxy) is 2. The molecule has 0 saturated heterocycles. The van der Waals surface area contributed by atoms with E-state index in [1.165, 1.54) is 17.4 Å². The van der Waals surface area contributed by atoms with Gasteiger partial charge in [0.05, 0.1) is 11.8 Å². The number of nitrogens with one attached hydrogen (secondary N) is 2. The summed E-state index contributed by atoms with van der Waals surface area (Å²) in [5.74, 6) is 0.240. The Hall–Kier alpha value is -2.97. The van der Waals surface area contributed by atoms with Gasteiger partial charge < -0.3 is 14.8 Å². The van der Waals surface area contributed by atoms with Crippen LogP contribution in [-0.2, 0) is 13.2 Å². The summed E-state index contributed by atoms with van der Waals surface area (Å²) in [5, 5.41) is 8.21. The third kappa shape index (κ3) is 6.01. The molecule has 0 aliphatic carbocycles. The maximum absolute atomic E-state index is 13.9. The molecule has 6 nitrogen and oxygen atoms in total. The van der Waals surface area contributed by atoms with Gasteiger partial charge in [0.15, 0.2) is 5.13 Å². The lowest BCUT2D eigenvalue weighted by Gasteiger charge is -2.14. The Kier molecular flexibility index (Phi) is 7.37. The predicted octanol–water partition coefficient (Wildman–Crippen LogP) is 4.62. The second-order valence-corrected chi connectivity index (χ2v) is 7.73. The van der Waals surface area contributed by atoms with Crippen LogP contribution in [0.2, 0.25) is 0 Å². The minimum absolute atomic E-state index is 0.0404. The van der Waals surface area contributed by atoms with Crippen molar-refractivity contribution in [3.63, 3.8) is 0 Å². The molecular weight excluding hydrogens is 405 g/mol. The summed E-state index contributed by atoms with van der Waals surface area (Å²) in [6, 6.07) is 11.3. The average molecular weight is 430 g/mol. The van der Waals surface area contributed by atoms with Gasteiger partial charge in [0.25, 0.3) is 5.91 Å². The zero-order chi connectivity index (χ0) is 21.5. The molecular formula is C22H24FN3O3S. The van der Waals surface area contributed by atoms with Gasteiger partial charge in [0.1, 0.15) is 23.9 Å². The molecule has 8 heteroatoms. The van der Waals surface area contributed by atoms with Crippen molar-refractivity contribution in [1.29, 1.82) is 0 Å². The summed E-state index contributed by atoms with van der Waals surface area (Å²) in [5.41, 5.74) is 1.64. The molecule has 30 heavy (non-hydrogen) atoms. The van der Waals surface area contributed by atoms with Crippen LogP contribution in [-0.4, -0.2) is 24.0 Å². The maximum atomic E-state index is 13.9. The Balaban J connectivity index is 1.78. The third-order valence-corrected chi connectivity index (χ3v) is 4.80. The van der Waals surface area contributed by atoms with E-state index in [4.69, 9.17) is 9.47 Å². The summed E-state index contributed by atoms with van der Waals surface area (Å²) >= 11 is 1.35. The molecule has 0 saturated carbocycles. The minimum atomic E-state index is -0.341. The Morgan fingerprint density at radius 2 is 1.97 bits per heavy atom. The van der Waals surface area contributed by atoms with Crippen LogP contribution in [0.15, 0.2) is 47.8 Å². The fourth-order valence-electron chi connectivity index (χ4n) is 2.70. The first-order chi connectivity index (χ1) is 14.4. The summed E-state index contributed by atoms with van der Waals surface area (Å²) < 4.78 is 25.4. The molecule has 0 atom stereocenters. The number of rotatable bonds is 9. The number of thiazole rings is 1. The molecule has 0 radical (unpaired) electrons. The summed E-state index contributed by atoms with van der Waals surface area (Å²) in [6.07, 6.45) is -0.0780. The van der Waals surface area contributed by atoms with Crippen LogP contribution in [0, 0.1) is 5.82 Å². The van der Waals surface area contributed by atoms with Crippen LogP contribution >= 0.6 is 11.3 Å². The molecule has 0 spiro atoms. The molecule has 2 N–H and O–H groups in total. The largest absolute Gasteiger partial charge is 0.491 e. The second-order valence-electron chi connectivity index (χ2n) is 6.87. The van der Waals surface area contributed by atoms with E-state index in [-0.39, 0.29) is 24.4 Å². The average Bonchev–Trinajstić information content (AvgIpc) is 3.14. The van der Waals surface area contributed by atoms with Crippen molar-refractivity contribution in [2.24, 2.45) is 0 Å². The number of anilines is 1. The topological polar surface area (TPSA) is 72.5 Å². The monoisotopic (exact) mass is 429 g/mol. The first-order valence-electron chi connectivity index (χ1n) is 9.53. The smallest absolute Gasteiger partial charge is 0.257 e. The van der Waals surface area contributed by atoms with Gasteiger partial charge >= 0.3 is 0 Å². The van der Waals surface area contributed by atoms with E-state index in [0.717, 1.165) is 5.69 Å². The summed E-state index contributed by atoms with van der Waals surface area (Å²) in [7, 11) is 1.83. The molecule has 3 rings (SSSR count). The third-order valence-electron chi connectivity index (χ3n) is 4.00. The van der Waals surface area contributed by atoms with E-state index < -0.39 is 0 Å².